The minimum absolute atomic E-state index is 0.0981. The van der Waals surface area contributed by atoms with E-state index < -0.39 is 29.0 Å². The molecule has 0 N–H and O–H groups in total. The highest BCUT2D eigenvalue weighted by atomic mass is 19.4. The van der Waals surface area contributed by atoms with Crippen LogP contribution in [0.5, 0.6) is 0 Å². The average Bonchev–Trinajstić information content (AvgIpc) is 4.15. The number of hydrogen-bond acceptors (Lipinski definition) is 1. The van der Waals surface area contributed by atoms with Gasteiger partial charge in [0.15, 0.2) is 0 Å². The molecule has 0 aliphatic heterocycles. The quantitative estimate of drug-likeness (QED) is 0.159. The number of hydrogen-bond donors (Lipinski definition) is 0. The molecular weight excluding hydrogens is 941 g/mol. The first-order valence-electron chi connectivity index (χ1n) is 23.9. The van der Waals surface area contributed by atoms with E-state index >= 15 is 0 Å². The molecule has 0 saturated heterocycles. The molecule has 14 rings (SSSR count). The van der Waals surface area contributed by atoms with Gasteiger partial charge < -0.3 is 18.3 Å². The van der Waals surface area contributed by atoms with Crippen molar-refractivity contribution < 1.29 is 26.3 Å². The van der Waals surface area contributed by atoms with E-state index in [0.717, 1.165) is 93.1 Å². The molecule has 0 bridgehead atoms. The summed E-state index contributed by atoms with van der Waals surface area (Å²) in [5.74, 6) is 0. The van der Waals surface area contributed by atoms with Crippen LogP contribution in [0.15, 0.2) is 212 Å². The van der Waals surface area contributed by atoms with Crippen molar-refractivity contribution in [1.82, 2.24) is 18.3 Å². The monoisotopic (exact) mass is 975 g/mol. The van der Waals surface area contributed by atoms with Crippen LogP contribution in [0.2, 0.25) is 0 Å². The molecule has 0 atom stereocenters. The largest absolute Gasteiger partial charge is 0.416 e. The van der Waals surface area contributed by atoms with Crippen molar-refractivity contribution in [3.63, 3.8) is 0 Å². The van der Waals surface area contributed by atoms with E-state index in [1.807, 2.05) is 102 Å². The number of halogens is 6. The van der Waals surface area contributed by atoms with E-state index in [2.05, 4.69) is 105 Å². The highest BCUT2D eigenvalue weighted by molar-refractivity contribution is 6.14. The number of benzene rings is 10. The standard InChI is InChI=1S/C63H35F6N5/c64-62(65,66)39-29-37(30-40(32-39)63(67,68)69)51-35-61(74-57-24-12-6-18-48(57)50-28-26-42(34-59(50)74)72-54-21-9-3-15-45(54)46-16-4-10-22-55(46)72)60(31-38(51)36-70)73-56-23-11-5-17-47(56)49-27-25-41(33-58(49)73)71-52-19-7-1-13-43(52)44-14-2-8-20-53(44)71/h1-35H. The zero-order valence-corrected chi connectivity index (χ0v) is 38.7. The van der Waals surface area contributed by atoms with Gasteiger partial charge in [-0.2, -0.15) is 31.6 Å². The molecular formula is C63H35F6N5. The van der Waals surface area contributed by atoms with Gasteiger partial charge in [0.05, 0.1) is 78.3 Å². The molecule has 14 aromatic rings. The topological polar surface area (TPSA) is 43.5 Å². The van der Waals surface area contributed by atoms with Gasteiger partial charge in [0.25, 0.3) is 0 Å². The van der Waals surface area contributed by atoms with Gasteiger partial charge in [0.2, 0.25) is 0 Å². The van der Waals surface area contributed by atoms with Crippen molar-refractivity contribution in [3.05, 3.63) is 229 Å². The van der Waals surface area contributed by atoms with Gasteiger partial charge in [-0.3, -0.25) is 0 Å². The van der Waals surface area contributed by atoms with Crippen molar-refractivity contribution in [2.45, 2.75) is 12.4 Å². The SMILES string of the molecule is N#Cc1cc(-n2c3ccccc3c3ccc(-n4c5ccccc5c5ccccc54)cc32)c(-n2c3ccccc3c3ccc(-n4c5ccccc5c5ccccc54)cc32)cc1-c1cc(C(F)(F)F)cc(C(F)(F)F)c1. The minimum Gasteiger partial charge on any atom is -0.309 e. The van der Waals surface area contributed by atoms with Gasteiger partial charge in [0, 0.05) is 60.0 Å². The Kier molecular flexibility index (Phi) is 9.20. The highest BCUT2D eigenvalue weighted by Crippen LogP contribution is 2.45. The maximum absolute atomic E-state index is 14.6. The predicted octanol–water partition coefficient (Wildman–Crippen LogP) is 17.7. The second-order valence-corrected chi connectivity index (χ2v) is 18.6. The first-order valence-corrected chi connectivity index (χ1v) is 23.9. The summed E-state index contributed by atoms with van der Waals surface area (Å²) >= 11 is 0. The maximum Gasteiger partial charge on any atom is 0.416 e. The fourth-order valence-corrected chi connectivity index (χ4v) is 11.5. The van der Waals surface area contributed by atoms with Gasteiger partial charge in [-0.25, -0.2) is 0 Å². The third kappa shape index (κ3) is 6.37. The molecule has 0 fully saturated rings. The zero-order chi connectivity index (χ0) is 50.2. The summed E-state index contributed by atoms with van der Waals surface area (Å²) in [4.78, 5) is 0. The zero-order valence-electron chi connectivity index (χ0n) is 38.7. The molecule has 10 aromatic carbocycles. The van der Waals surface area contributed by atoms with E-state index in [1.165, 1.54) is 0 Å². The molecule has 4 heterocycles. The van der Waals surface area contributed by atoms with Crippen LogP contribution in [0.1, 0.15) is 16.7 Å². The molecule has 0 unspecified atom stereocenters. The third-order valence-electron chi connectivity index (χ3n) is 14.6. The van der Waals surface area contributed by atoms with Crippen molar-refractivity contribution in [2.24, 2.45) is 0 Å². The van der Waals surface area contributed by atoms with E-state index in [9.17, 15) is 31.6 Å². The molecule has 0 aliphatic carbocycles. The molecule has 0 amide bonds. The Labute approximate surface area is 416 Å². The summed E-state index contributed by atoms with van der Waals surface area (Å²) < 4.78 is 96.4. The molecule has 0 aliphatic rings. The van der Waals surface area contributed by atoms with E-state index in [1.54, 1.807) is 12.1 Å². The molecule has 0 radical (unpaired) electrons. The Morgan fingerprint density at radius 3 is 0.959 bits per heavy atom. The van der Waals surface area contributed by atoms with Crippen LogP contribution in [0.4, 0.5) is 26.3 Å². The van der Waals surface area contributed by atoms with Gasteiger partial charge in [-0.1, -0.05) is 121 Å². The van der Waals surface area contributed by atoms with E-state index in [4.69, 9.17) is 0 Å². The molecule has 0 saturated carbocycles. The molecule has 354 valence electrons. The van der Waals surface area contributed by atoms with Crippen molar-refractivity contribution in [2.75, 3.05) is 0 Å². The van der Waals surface area contributed by atoms with Crippen LogP contribution in [0.25, 0.3) is 121 Å². The number of nitrogens with zero attached hydrogens (tertiary/aromatic N) is 5. The Morgan fingerprint density at radius 2 is 0.622 bits per heavy atom. The molecule has 11 heteroatoms. The second-order valence-electron chi connectivity index (χ2n) is 18.6. The Hall–Kier alpha value is -9.53. The van der Waals surface area contributed by atoms with Crippen LogP contribution in [0.3, 0.4) is 0 Å². The lowest BCUT2D eigenvalue weighted by Crippen LogP contribution is -2.11. The number of nitriles is 1. The molecule has 74 heavy (non-hydrogen) atoms. The van der Waals surface area contributed by atoms with Crippen LogP contribution >= 0.6 is 0 Å². The summed E-state index contributed by atoms with van der Waals surface area (Å²) in [5.41, 5.74) is 5.91. The number of aromatic nitrogens is 4. The molecule has 4 aromatic heterocycles. The Morgan fingerprint density at radius 1 is 0.311 bits per heavy atom. The van der Waals surface area contributed by atoms with Gasteiger partial charge in [-0.15, -0.1) is 0 Å². The van der Waals surface area contributed by atoms with E-state index in [0.29, 0.717) is 29.0 Å². The van der Waals surface area contributed by atoms with Gasteiger partial charge >= 0.3 is 12.4 Å². The van der Waals surface area contributed by atoms with Gasteiger partial charge in [-0.05, 0) is 96.6 Å². The predicted molar refractivity (Wildman–Crippen MR) is 284 cm³/mol. The fourth-order valence-electron chi connectivity index (χ4n) is 11.5. The normalized spacial score (nSPS) is 12.4. The second kappa shape index (κ2) is 15.7. The first-order chi connectivity index (χ1) is 35.9. The fraction of sp³-hybridized carbons (Fsp3) is 0.0317. The van der Waals surface area contributed by atoms with Crippen LogP contribution in [0, 0.1) is 11.3 Å². The van der Waals surface area contributed by atoms with Gasteiger partial charge in [0.1, 0.15) is 0 Å². The van der Waals surface area contributed by atoms with Crippen LogP contribution in [-0.2, 0) is 12.4 Å². The maximum atomic E-state index is 14.6. The summed E-state index contributed by atoms with van der Waals surface area (Å²) in [5, 5.41) is 18.9. The summed E-state index contributed by atoms with van der Waals surface area (Å²) in [6.07, 6.45) is -10.3. The molecule has 0 spiro atoms. The number of rotatable bonds is 5. The lowest BCUT2D eigenvalue weighted by molar-refractivity contribution is -0.143. The summed E-state index contributed by atoms with van der Waals surface area (Å²) in [6.45, 7) is 0. The number of alkyl halides is 6. The smallest absolute Gasteiger partial charge is 0.309 e. The molecule has 5 nitrogen and oxygen atoms in total. The highest BCUT2D eigenvalue weighted by Gasteiger charge is 2.37. The van der Waals surface area contributed by atoms with Crippen LogP contribution < -0.4 is 0 Å². The van der Waals surface area contributed by atoms with Crippen molar-refractivity contribution >= 4 is 87.2 Å². The van der Waals surface area contributed by atoms with Crippen molar-refractivity contribution in [1.29, 1.82) is 5.26 Å². The Bertz CT molecular complexity index is 4590. The Balaban J connectivity index is 1.13. The van der Waals surface area contributed by atoms with Crippen molar-refractivity contribution in [3.8, 4) is 39.9 Å². The summed E-state index contributed by atoms with van der Waals surface area (Å²) in [6, 6.07) is 67.7. The number of para-hydroxylation sites is 6. The van der Waals surface area contributed by atoms with E-state index in [-0.39, 0.29) is 17.2 Å². The average molecular weight is 976 g/mol. The third-order valence-corrected chi connectivity index (χ3v) is 14.6. The lowest BCUT2D eigenvalue weighted by atomic mass is 9.94. The lowest BCUT2D eigenvalue weighted by Gasteiger charge is -2.21. The first kappa shape index (κ1) is 43.3. The summed E-state index contributed by atoms with van der Waals surface area (Å²) in [7, 11) is 0. The van der Waals surface area contributed by atoms with Crippen LogP contribution in [-0.4, -0.2) is 18.3 Å². The number of fused-ring (bicyclic) bond motifs is 12. The minimum atomic E-state index is -5.13.